The Hall–Kier alpha value is -2.89. The van der Waals surface area contributed by atoms with Gasteiger partial charge < -0.3 is 15.5 Å². The van der Waals surface area contributed by atoms with Crippen LogP contribution in [0.25, 0.3) is 0 Å². The molecular formula is C20H24N4O2. The fraction of sp³-hybridized carbons (Fsp3) is 0.350. The molecule has 2 N–H and O–H groups in total. The van der Waals surface area contributed by atoms with Gasteiger partial charge in [0.25, 0.3) is 5.91 Å². The van der Waals surface area contributed by atoms with E-state index in [4.69, 9.17) is 0 Å². The number of nitrogens with one attached hydrogen (secondary N) is 2. The summed E-state index contributed by atoms with van der Waals surface area (Å²) in [6.07, 6.45) is 2.35. The van der Waals surface area contributed by atoms with E-state index < -0.39 is 0 Å². The van der Waals surface area contributed by atoms with E-state index in [1.165, 1.54) is 0 Å². The van der Waals surface area contributed by atoms with Gasteiger partial charge in [0.05, 0.1) is 11.6 Å². The molecule has 2 aromatic rings. The van der Waals surface area contributed by atoms with Crippen LogP contribution in [0, 0.1) is 6.92 Å². The summed E-state index contributed by atoms with van der Waals surface area (Å²) in [5.41, 5.74) is 2.52. The second-order valence-electron chi connectivity index (χ2n) is 6.68. The lowest BCUT2D eigenvalue weighted by atomic mass is 10.1. The minimum atomic E-state index is -0.211. The van der Waals surface area contributed by atoms with Crippen LogP contribution in [0.2, 0.25) is 0 Å². The van der Waals surface area contributed by atoms with Gasteiger partial charge in [0, 0.05) is 31.0 Å². The van der Waals surface area contributed by atoms with Crippen molar-refractivity contribution in [3.05, 3.63) is 65.5 Å². The molecule has 3 rings (SSSR count). The SMILES string of the molecule is Cc1ccc(C(=O)N2CC[C@H](NC(=O)NC(C)c3ccccc3)C2)cn1. The Labute approximate surface area is 153 Å². The molecule has 2 heterocycles. The number of carbonyl (C=O) groups is 2. The normalized spacial score (nSPS) is 17.6. The molecule has 2 atom stereocenters. The molecule has 0 radical (unpaired) electrons. The molecule has 1 aliphatic rings. The Bertz CT molecular complexity index is 761. The standard InChI is InChI=1S/C20H24N4O2/c1-14-8-9-17(12-21-14)19(25)24-11-10-18(13-24)23-20(26)22-15(2)16-6-4-3-5-7-16/h3-9,12,15,18H,10-11,13H2,1-2H3,(H2,22,23,26)/t15?,18-/m0/s1. The van der Waals surface area contributed by atoms with Crippen molar-refractivity contribution in [1.29, 1.82) is 0 Å². The minimum absolute atomic E-state index is 0.0414. The Kier molecular flexibility index (Phi) is 5.51. The van der Waals surface area contributed by atoms with Gasteiger partial charge in [0.15, 0.2) is 0 Å². The summed E-state index contributed by atoms with van der Waals surface area (Å²) >= 11 is 0. The van der Waals surface area contributed by atoms with Crippen LogP contribution < -0.4 is 10.6 Å². The summed E-state index contributed by atoms with van der Waals surface area (Å²) < 4.78 is 0. The lowest BCUT2D eigenvalue weighted by Gasteiger charge is -2.19. The second kappa shape index (κ2) is 7.99. The first kappa shape index (κ1) is 17.9. The van der Waals surface area contributed by atoms with Crippen molar-refractivity contribution in [2.75, 3.05) is 13.1 Å². The smallest absolute Gasteiger partial charge is 0.315 e. The third-order valence-corrected chi connectivity index (χ3v) is 4.62. The zero-order valence-corrected chi connectivity index (χ0v) is 15.1. The maximum absolute atomic E-state index is 12.5. The minimum Gasteiger partial charge on any atom is -0.336 e. The molecule has 1 aromatic heterocycles. The van der Waals surface area contributed by atoms with Crippen molar-refractivity contribution in [2.24, 2.45) is 0 Å². The van der Waals surface area contributed by atoms with Crippen molar-refractivity contribution in [3.63, 3.8) is 0 Å². The van der Waals surface area contributed by atoms with Gasteiger partial charge in [-0.05, 0) is 38.0 Å². The van der Waals surface area contributed by atoms with Crippen LogP contribution in [-0.2, 0) is 0 Å². The van der Waals surface area contributed by atoms with E-state index in [1.807, 2.05) is 50.2 Å². The van der Waals surface area contributed by atoms with E-state index in [2.05, 4.69) is 15.6 Å². The van der Waals surface area contributed by atoms with Gasteiger partial charge in [-0.2, -0.15) is 0 Å². The van der Waals surface area contributed by atoms with E-state index in [-0.39, 0.29) is 24.0 Å². The number of amides is 3. The second-order valence-corrected chi connectivity index (χ2v) is 6.68. The molecule has 3 amide bonds. The van der Waals surface area contributed by atoms with Crippen molar-refractivity contribution in [1.82, 2.24) is 20.5 Å². The topological polar surface area (TPSA) is 74.3 Å². The molecule has 1 unspecified atom stereocenters. The van der Waals surface area contributed by atoms with Gasteiger partial charge in [-0.3, -0.25) is 9.78 Å². The number of benzene rings is 1. The molecule has 0 saturated carbocycles. The van der Waals surface area contributed by atoms with Crippen LogP contribution in [0.4, 0.5) is 4.79 Å². The molecule has 26 heavy (non-hydrogen) atoms. The predicted octanol–water partition coefficient (Wildman–Crippen LogP) is 2.66. The highest BCUT2D eigenvalue weighted by molar-refractivity contribution is 5.94. The zero-order chi connectivity index (χ0) is 18.5. The molecule has 6 nitrogen and oxygen atoms in total. The third kappa shape index (κ3) is 4.39. The average molecular weight is 352 g/mol. The number of pyridine rings is 1. The lowest BCUT2D eigenvalue weighted by Crippen LogP contribution is -2.44. The quantitative estimate of drug-likeness (QED) is 0.888. The maximum Gasteiger partial charge on any atom is 0.315 e. The summed E-state index contributed by atoms with van der Waals surface area (Å²) in [5, 5.41) is 5.91. The summed E-state index contributed by atoms with van der Waals surface area (Å²) in [5.74, 6) is -0.0418. The molecule has 0 aliphatic carbocycles. The van der Waals surface area contributed by atoms with Gasteiger partial charge in [-0.15, -0.1) is 0 Å². The number of hydrogen-bond donors (Lipinski definition) is 2. The van der Waals surface area contributed by atoms with Crippen molar-refractivity contribution in [2.45, 2.75) is 32.4 Å². The van der Waals surface area contributed by atoms with Crippen LogP contribution in [0.5, 0.6) is 0 Å². The van der Waals surface area contributed by atoms with Gasteiger partial charge in [0.1, 0.15) is 0 Å². The van der Waals surface area contributed by atoms with Crippen LogP contribution in [0.3, 0.4) is 0 Å². The number of urea groups is 1. The third-order valence-electron chi connectivity index (χ3n) is 4.62. The van der Waals surface area contributed by atoms with Crippen LogP contribution >= 0.6 is 0 Å². The molecule has 1 fully saturated rings. The monoisotopic (exact) mass is 352 g/mol. The first-order chi connectivity index (χ1) is 12.5. The maximum atomic E-state index is 12.5. The summed E-state index contributed by atoms with van der Waals surface area (Å²) in [4.78, 5) is 30.7. The highest BCUT2D eigenvalue weighted by atomic mass is 16.2. The zero-order valence-electron chi connectivity index (χ0n) is 15.1. The van der Waals surface area contributed by atoms with Crippen LogP contribution in [0.1, 0.15) is 41.0 Å². The molecular weight excluding hydrogens is 328 g/mol. The Morgan fingerprint density at radius 2 is 1.96 bits per heavy atom. The number of nitrogens with zero attached hydrogens (tertiary/aromatic N) is 2. The molecule has 0 spiro atoms. The van der Waals surface area contributed by atoms with E-state index in [0.29, 0.717) is 18.7 Å². The fourth-order valence-corrected chi connectivity index (χ4v) is 3.09. The van der Waals surface area contributed by atoms with Crippen molar-refractivity contribution >= 4 is 11.9 Å². The molecule has 6 heteroatoms. The summed E-state index contributed by atoms with van der Waals surface area (Å²) in [6.45, 7) is 4.98. The van der Waals surface area contributed by atoms with Gasteiger partial charge in [0.2, 0.25) is 0 Å². The average Bonchev–Trinajstić information content (AvgIpc) is 3.10. The van der Waals surface area contributed by atoms with E-state index >= 15 is 0 Å². The number of rotatable bonds is 4. The van der Waals surface area contributed by atoms with E-state index in [1.54, 1.807) is 17.2 Å². The highest BCUT2D eigenvalue weighted by Crippen LogP contribution is 2.14. The molecule has 136 valence electrons. The predicted molar refractivity (Wildman–Crippen MR) is 99.8 cm³/mol. The molecule has 1 aromatic carbocycles. The van der Waals surface area contributed by atoms with Crippen molar-refractivity contribution in [3.8, 4) is 0 Å². The fourth-order valence-electron chi connectivity index (χ4n) is 3.09. The number of aromatic nitrogens is 1. The summed E-state index contributed by atoms with van der Waals surface area (Å²) in [7, 11) is 0. The van der Waals surface area contributed by atoms with Crippen LogP contribution in [0.15, 0.2) is 48.7 Å². The molecule has 1 aliphatic heterocycles. The lowest BCUT2D eigenvalue weighted by molar-refractivity contribution is 0.0789. The van der Waals surface area contributed by atoms with Gasteiger partial charge in [-0.25, -0.2) is 4.79 Å². The van der Waals surface area contributed by atoms with Gasteiger partial charge >= 0.3 is 6.03 Å². The Morgan fingerprint density at radius 3 is 2.65 bits per heavy atom. The molecule has 0 bridgehead atoms. The summed E-state index contributed by atoms with van der Waals surface area (Å²) in [6, 6.07) is 13.1. The molecule has 1 saturated heterocycles. The highest BCUT2D eigenvalue weighted by Gasteiger charge is 2.28. The van der Waals surface area contributed by atoms with E-state index in [9.17, 15) is 9.59 Å². The van der Waals surface area contributed by atoms with Crippen molar-refractivity contribution < 1.29 is 9.59 Å². The van der Waals surface area contributed by atoms with Gasteiger partial charge in [-0.1, -0.05) is 30.3 Å². The number of aryl methyl sites for hydroxylation is 1. The first-order valence-electron chi connectivity index (χ1n) is 8.87. The number of hydrogen-bond acceptors (Lipinski definition) is 3. The van der Waals surface area contributed by atoms with E-state index in [0.717, 1.165) is 17.7 Å². The first-order valence-corrected chi connectivity index (χ1v) is 8.87. The number of carbonyl (C=O) groups excluding carboxylic acids is 2. The Balaban J connectivity index is 1.50. The van der Waals surface area contributed by atoms with Crippen LogP contribution in [-0.4, -0.2) is 41.0 Å². The number of likely N-dealkylation sites (tertiary alicyclic amines) is 1. The largest absolute Gasteiger partial charge is 0.336 e. The Morgan fingerprint density at radius 1 is 1.19 bits per heavy atom.